The molecule has 0 amide bonds. The Bertz CT molecular complexity index is 907. The first-order chi connectivity index (χ1) is 13.3. The van der Waals surface area contributed by atoms with Crippen molar-refractivity contribution in [2.45, 2.75) is 13.0 Å². The van der Waals surface area contributed by atoms with Gasteiger partial charge in [0.05, 0.1) is 19.0 Å². The van der Waals surface area contributed by atoms with Gasteiger partial charge in [-0.15, -0.1) is 0 Å². The highest BCUT2D eigenvalue weighted by Gasteiger charge is 2.15. The minimum absolute atomic E-state index is 0.580. The van der Waals surface area contributed by atoms with Crippen molar-refractivity contribution in [2.24, 2.45) is 0 Å². The van der Waals surface area contributed by atoms with Crippen LogP contribution in [0.2, 0.25) is 0 Å². The van der Waals surface area contributed by atoms with Crippen molar-refractivity contribution in [1.29, 1.82) is 0 Å². The third-order valence-corrected chi connectivity index (χ3v) is 4.63. The van der Waals surface area contributed by atoms with Crippen LogP contribution in [0.15, 0.2) is 48.7 Å². The number of rotatable bonds is 7. The van der Waals surface area contributed by atoms with E-state index in [0.717, 1.165) is 53.6 Å². The van der Waals surface area contributed by atoms with Gasteiger partial charge in [-0.1, -0.05) is 18.2 Å². The molecule has 0 radical (unpaired) electrons. The highest BCUT2D eigenvalue weighted by molar-refractivity contribution is 5.66. The van der Waals surface area contributed by atoms with Gasteiger partial charge < -0.3 is 19.5 Å². The number of fused-ring (bicyclic) bond motifs is 1. The lowest BCUT2D eigenvalue weighted by Gasteiger charge is -2.18. The van der Waals surface area contributed by atoms with E-state index in [1.54, 1.807) is 7.11 Å². The summed E-state index contributed by atoms with van der Waals surface area (Å²) in [5.74, 6) is 2.50. The molecule has 140 valence electrons. The minimum atomic E-state index is 0.580. The highest BCUT2D eigenvalue weighted by Crippen LogP contribution is 2.34. The molecule has 1 aromatic heterocycles. The molecule has 0 fully saturated rings. The van der Waals surface area contributed by atoms with E-state index in [4.69, 9.17) is 14.2 Å². The predicted octanol–water partition coefficient (Wildman–Crippen LogP) is 3.19. The fourth-order valence-corrected chi connectivity index (χ4v) is 3.25. The molecular weight excluding hydrogens is 342 g/mol. The lowest BCUT2D eigenvalue weighted by molar-refractivity contribution is 0.171. The van der Waals surface area contributed by atoms with Crippen molar-refractivity contribution in [3.63, 3.8) is 0 Å². The van der Waals surface area contributed by atoms with Crippen LogP contribution in [-0.2, 0) is 13.0 Å². The summed E-state index contributed by atoms with van der Waals surface area (Å²) in [5, 5.41) is 10.8. The van der Waals surface area contributed by atoms with Gasteiger partial charge in [-0.3, -0.25) is 5.10 Å². The summed E-state index contributed by atoms with van der Waals surface area (Å²) in [7, 11) is 1.71. The van der Waals surface area contributed by atoms with Crippen LogP contribution < -0.4 is 19.5 Å². The fraction of sp³-hybridized carbons (Fsp3) is 0.286. The quantitative estimate of drug-likeness (QED) is 0.630. The zero-order valence-electron chi connectivity index (χ0n) is 15.3. The third kappa shape index (κ3) is 3.90. The van der Waals surface area contributed by atoms with Crippen LogP contribution in [0.3, 0.4) is 0 Å². The molecule has 1 aliphatic rings. The number of nitrogens with one attached hydrogen (secondary N) is 2. The number of aromatic amines is 1. The van der Waals surface area contributed by atoms with E-state index in [1.165, 1.54) is 5.56 Å². The number of methoxy groups -OCH3 is 1. The first-order valence-corrected chi connectivity index (χ1v) is 9.10. The van der Waals surface area contributed by atoms with Gasteiger partial charge in [0.15, 0.2) is 11.5 Å². The normalized spacial score (nSPS) is 12.8. The summed E-state index contributed by atoms with van der Waals surface area (Å²) in [5.41, 5.74) is 4.36. The van der Waals surface area contributed by atoms with Crippen molar-refractivity contribution in [3.05, 3.63) is 59.8 Å². The first kappa shape index (κ1) is 17.4. The second kappa shape index (κ2) is 8.14. The molecule has 3 aromatic rings. The molecule has 4 rings (SSSR count). The third-order valence-electron chi connectivity index (χ3n) is 4.63. The molecule has 6 heteroatoms. The summed E-state index contributed by atoms with van der Waals surface area (Å²) in [4.78, 5) is 0. The van der Waals surface area contributed by atoms with Gasteiger partial charge in [-0.25, -0.2) is 0 Å². The van der Waals surface area contributed by atoms with E-state index in [9.17, 15) is 0 Å². The molecule has 0 saturated carbocycles. The Morgan fingerprint density at radius 3 is 2.81 bits per heavy atom. The van der Waals surface area contributed by atoms with Crippen LogP contribution in [0.25, 0.3) is 11.3 Å². The van der Waals surface area contributed by atoms with Gasteiger partial charge in [-0.05, 0) is 42.8 Å². The van der Waals surface area contributed by atoms with Crippen LogP contribution in [-0.4, -0.2) is 37.1 Å². The second-order valence-electron chi connectivity index (χ2n) is 6.37. The summed E-state index contributed by atoms with van der Waals surface area (Å²) in [6.07, 6.45) is 2.77. The standard InChI is InChI=1S/C21H23N3O3/c1-25-18-5-3-2-4-15(18)8-9-22-13-17-14-23-24-21(17)16-6-7-19-20(12-16)27-11-10-26-19/h2-7,12,14,22H,8-11,13H2,1H3,(H,23,24). The Labute approximate surface area is 158 Å². The van der Waals surface area contributed by atoms with E-state index in [-0.39, 0.29) is 0 Å². The van der Waals surface area contributed by atoms with Crippen molar-refractivity contribution < 1.29 is 14.2 Å². The number of hydrogen-bond acceptors (Lipinski definition) is 5. The van der Waals surface area contributed by atoms with Gasteiger partial charge in [0, 0.05) is 17.7 Å². The van der Waals surface area contributed by atoms with Gasteiger partial charge >= 0.3 is 0 Å². The van der Waals surface area contributed by atoms with Gasteiger partial charge in [0.1, 0.15) is 19.0 Å². The van der Waals surface area contributed by atoms with Crippen molar-refractivity contribution in [1.82, 2.24) is 15.5 Å². The molecule has 0 spiro atoms. The number of para-hydroxylation sites is 1. The number of aromatic nitrogens is 2. The first-order valence-electron chi connectivity index (χ1n) is 9.10. The second-order valence-corrected chi connectivity index (χ2v) is 6.37. The average Bonchev–Trinajstić information content (AvgIpc) is 3.19. The van der Waals surface area contributed by atoms with Gasteiger partial charge in [-0.2, -0.15) is 5.10 Å². The summed E-state index contributed by atoms with van der Waals surface area (Å²) in [6.45, 7) is 2.76. The van der Waals surface area contributed by atoms with Crippen molar-refractivity contribution in [3.8, 4) is 28.5 Å². The maximum Gasteiger partial charge on any atom is 0.162 e. The molecule has 0 atom stereocenters. The summed E-state index contributed by atoms with van der Waals surface area (Å²) >= 11 is 0. The van der Waals surface area contributed by atoms with Crippen molar-refractivity contribution in [2.75, 3.05) is 26.9 Å². The molecule has 2 N–H and O–H groups in total. The largest absolute Gasteiger partial charge is 0.496 e. The monoisotopic (exact) mass is 365 g/mol. The van der Waals surface area contributed by atoms with E-state index < -0.39 is 0 Å². The molecule has 6 nitrogen and oxygen atoms in total. The van der Waals surface area contributed by atoms with Crippen molar-refractivity contribution >= 4 is 0 Å². The predicted molar refractivity (Wildman–Crippen MR) is 103 cm³/mol. The zero-order valence-corrected chi connectivity index (χ0v) is 15.3. The Kier molecular flexibility index (Phi) is 5.25. The Morgan fingerprint density at radius 1 is 1.07 bits per heavy atom. The lowest BCUT2D eigenvalue weighted by atomic mass is 10.1. The molecule has 2 heterocycles. The van der Waals surface area contributed by atoms with E-state index in [1.807, 2.05) is 42.6 Å². The zero-order chi connectivity index (χ0) is 18.5. The van der Waals surface area contributed by atoms with Crippen LogP contribution >= 0.6 is 0 Å². The summed E-state index contributed by atoms with van der Waals surface area (Å²) in [6, 6.07) is 14.1. The van der Waals surface area contributed by atoms with Crippen LogP contribution in [0.5, 0.6) is 17.2 Å². The molecule has 0 aliphatic carbocycles. The van der Waals surface area contributed by atoms with Crippen LogP contribution in [0.4, 0.5) is 0 Å². The molecule has 0 saturated heterocycles. The maximum atomic E-state index is 5.68. The number of ether oxygens (including phenoxy) is 3. The molecule has 2 aromatic carbocycles. The lowest BCUT2D eigenvalue weighted by Crippen LogP contribution is -2.17. The molecule has 27 heavy (non-hydrogen) atoms. The summed E-state index contributed by atoms with van der Waals surface area (Å²) < 4.78 is 16.7. The van der Waals surface area contributed by atoms with E-state index in [2.05, 4.69) is 21.6 Å². The highest BCUT2D eigenvalue weighted by atomic mass is 16.6. The Balaban J connectivity index is 1.39. The Hall–Kier alpha value is -2.99. The molecule has 0 bridgehead atoms. The Morgan fingerprint density at radius 2 is 1.93 bits per heavy atom. The minimum Gasteiger partial charge on any atom is -0.496 e. The van der Waals surface area contributed by atoms with Gasteiger partial charge in [0.2, 0.25) is 0 Å². The van der Waals surface area contributed by atoms with Gasteiger partial charge in [0.25, 0.3) is 0 Å². The number of H-pyrrole nitrogens is 1. The fourth-order valence-electron chi connectivity index (χ4n) is 3.25. The number of benzene rings is 2. The molecular formula is C21H23N3O3. The van der Waals surface area contributed by atoms with Crippen LogP contribution in [0.1, 0.15) is 11.1 Å². The SMILES string of the molecule is COc1ccccc1CCNCc1cn[nH]c1-c1ccc2c(c1)OCCO2. The maximum absolute atomic E-state index is 5.68. The smallest absolute Gasteiger partial charge is 0.162 e. The molecule has 1 aliphatic heterocycles. The van der Waals surface area contributed by atoms with Crippen LogP contribution in [0, 0.1) is 0 Å². The number of nitrogens with zero attached hydrogens (tertiary/aromatic N) is 1. The number of hydrogen-bond donors (Lipinski definition) is 2. The topological polar surface area (TPSA) is 68.4 Å². The average molecular weight is 365 g/mol. The molecule has 0 unspecified atom stereocenters. The van der Waals surface area contributed by atoms with E-state index >= 15 is 0 Å². The van der Waals surface area contributed by atoms with E-state index in [0.29, 0.717) is 13.2 Å².